The maximum absolute atomic E-state index is 5.71. The third kappa shape index (κ3) is 6.14. The van der Waals surface area contributed by atoms with E-state index < -0.39 is 0 Å². The van der Waals surface area contributed by atoms with Crippen molar-refractivity contribution in [2.75, 3.05) is 59.0 Å². The van der Waals surface area contributed by atoms with Crippen LogP contribution in [-0.2, 0) is 4.74 Å². The molecule has 0 aromatic heterocycles. The van der Waals surface area contributed by atoms with Gasteiger partial charge in [0, 0.05) is 39.3 Å². The Kier molecular flexibility index (Phi) is 7.15. The molecule has 0 unspecified atom stereocenters. The topological polar surface area (TPSA) is 27.7 Å². The zero-order valence-corrected chi connectivity index (χ0v) is 12.7. The first-order chi connectivity index (χ1) is 8.57. The molecule has 18 heavy (non-hydrogen) atoms. The van der Waals surface area contributed by atoms with Gasteiger partial charge in [-0.15, -0.1) is 0 Å². The molecule has 1 aliphatic rings. The second kappa shape index (κ2) is 8.10. The fourth-order valence-electron chi connectivity index (χ4n) is 2.44. The quantitative estimate of drug-likeness (QED) is 0.657. The number of hydrogen-bond donors (Lipinski definition) is 1. The van der Waals surface area contributed by atoms with Gasteiger partial charge in [-0.1, -0.05) is 13.8 Å². The van der Waals surface area contributed by atoms with Crippen LogP contribution in [0.3, 0.4) is 0 Å². The number of rotatable bonds is 8. The highest BCUT2D eigenvalue weighted by atomic mass is 16.5. The molecule has 1 aliphatic heterocycles. The molecule has 0 saturated carbocycles. The van der Waals surface area contributed by atoms with E-state index in [1.54, 1.807) is 0 Å². The van der Waals surface area contributed by atoms with Crippen LogP contribution < -0.4 is 5.32 Å². The molecule has 108 valence electrons. The molecular weight excluding hydrogens is 226 g/mol. The first-order valence-corrected chi connectivity index (χ1v) is 7.37. The highest BCUT2D eigenvalue weighted by Crippen LogP contribution is 2.15. The van der Waals surface area contributed by atoms with Gasteiger partial charge < -0.3 is 15.0 Å². The fourth-order valence-corrected chi connectivity index (χ4v) is 2.44. The maximum Gasteiger partial charge on any atom is 0.0753 e. The molecule has 1 N–H and O–H groups in total. The zero-order valence-electron chi connectivity index (χ0n) is 12.7. The molecule has 0 amide bonds. The van der Waals surface area contributed by atoms with Crippen molar-refractivity contribution >= 4 is 0 Å². The van der Waals surface area contributed by atoms with E-state index in [0.717, 1.165) is 59.0 Å². The van der Waals surface area contributed by atoms with E-state index in [0.29, 0.717) is 0 Å². The molecule has 0 spiro atoms. The molecule has 0 bridgehead atoms. The van der Waals surface area contributed by atoms with Crippen molar-refractivity contribution < 1.29 is 4.74 Å². The average molecular weight is 257 g/mol. The summed E-state index contributed by atoms with van der Waals surface area (Å²) in [5, 5.41) is 3.54. The molecule has 1 heterocycles. The predicted molar refractivity (Wildman–Crippen MR) is 77.1 cm³/mol. The Morgan fingerprint density at radius 1 is 1.22 bits per heavy atom. The molecule has 0 aromatic carbocycles. The van der Waals surface area contributed by atoms with Crippen molar-refractivity contribution in [3.05, 3.63) is 0 Å². The lowest BCUT2D eigenvalue weighted by Crippen LogP contribution is -2.50. The highest BCUT2D eigenvalue weighted by molar-refractivity contribution is 4.79. The lowest BCUT2D eigenvalue weighted by molar-refractivity contribution is -0.0854. The van der Waals surface area contributed by atoms with E-state index in [1.165, 1.54) is 0 Å². The summed E-state index contributed by atoms with van der Waals surface area (Å²) in [6.07, 6.45) is 0. The summed E-state index contributed by atoms with van der Waals surface area (Å²) in [5.74, 6) is 0. The van der Waals surface area contributed by atoms with Crippen LogP contribution in [0.1, 0.15) is 27.7 Å². The summed E-state index contributed by atoms with van der Waals surface area (Å²) in [5.41, 5.74) is 0.0273. The third-order valence-electron chi connectivity index (χ3n) is 3.61. The SMILES string of the molecule is CCN(CC)CCNCCN1CCOC(C)(C)C1. The van der Waals surface area contributed by atoms with Gasteiger partial charge >= 0.3 is 0 Å². The number of ether oxygens (including phenoxy) is 1. The van der Waals surface area contributed by atoms with Crippen molar-refractivity contribution in [1.29, 1.82) is 0 Å². The molecule has 0 aromatic rings. The molecule has 1 saturated heterocycles. The van der Waals surface area contributed by atoms with Gasteiger partial charge in [-0.3, -0.25) is 4.90 Å². The van der Waals surface area contributed by atoms with Crippen LogP contribution in [0.25, 0.3) is 0 Å². The lowest BCUT2D eigenvalue weighted by Gasteiger charge is -2.38. The molecule has 1 fully saturated rings. The minimum Gasteiger partial charge on any atom is -0.373 e. The first kappa shape index (κ1) is 15.9. The van der Waals surface area contributed by atoms with Gasteiger partial charge in [0.15, 0.2) is 0 Å². The molecule has 4 nitrogen and oxygen atoms in total. The van der Waals surface area contributed by atoms with Gasteiger partial charge in [-0.05, 0) is 26.9 Å². The Labute approximate surface area is 113 Å². The van der Waals surface area contributed by atoms with Crippen molar-refractivity contribution in [2.24, 2.45) is 0 Å². The Bertz CT molecular complexity index is 217. The van der Waals surface area contributed by atoms with Crippen molar-refractivity contribution in [3.8, 4) is 0 Å². The fraction of sp³-hybridized carbons (Fsp3) is 1.00. The monoisotopic (exact) mass is 257 g/mol. The van der Waals surface area contributed by atoms with Crippen LogP contribution in [0.5, 0.6) is 0 Å². The Balaban J connectivity index is 2.04. The van der Waals surface area contributed by atoms with Crippen molar-refractivity contribution in [1.82, 2.24) is 15.1 Å². The van der Waals surface area contributed by atoms with Crippen LogP contribution in [0.4, 0.5) is 0 Å². The lowest BCUT2D eigenvalue weighted by atomic mass is 10.1. The van der Waals surface area contributed by atoms with Crippen molar-refractivity contribution in [2.45, 2.75) is 33.3 Å². The highest BCUT2D eigenvalue weighted by Gasteiger charge is 2.26. The summed E-state index contributed by atoms with van der Waals surface area (Å²) in [4.78, 5) is 4.94. The second-order valence-electron chi connectivity index (χ2n) is 5.66. The van der Waals surface area contributed by atoms with Crippen molar-refractivity contribution in [3.63, 3.8) is 0 Å². The number of nitrogens with one attached hydrogen (secondary N) is 1. The van der Waals surface area contributed by atoms with Gasteiger partial charge in [0.2, 0.25) is 0 Å². The van der Waals surface area contributed by atoms with Crippen LogP contribution in [0, 0.1) is 0 Å². The van der Waals surface area contributed by atoms with Crippen LogP contribution in [0.15, 0.2) is 0 Å². The van der Waals surface area contributed by atoms with Crippen LogP contribution in [0.2, 0.25) is 0 Å². The predicted octanol–water partition coefficient (Wildman–Crippen LogP) is 1.03. The second-order valence-corrected chi connectivity index (χ2v) is 5.66. The Morgan fingerprint density at radius 3 is 2.56 bits per heavy atom. The normalized spacial score (nSPS) is 20.5. The average Bonchev–Trinajstić information content (AvgIpc) is 2.32. The molecule has 0 atom stereocenters. The van der Waals surface area contributed by atoms with E-state index >= 15 is 0 Å². The smallest absolute Gasteiger partial charge is 0.0753 e. The summed E-state index contributed by atoms with van der Waals surface area (Å²) in [7, 11) is 0. The van der Waals surface area contributed by atoms with E-state index in [2.05, 4.69) is 42.8 Å². The number of nitrogens with zero attached hydrogens (tertiary/aromatic N) is 2. The van der Waals surface area contributed by atoms with Crippen LogP contribution in [-0.4, -0.2) is 74.4 Å². The van der Waals surface area contributed by atoms with Gasteiger partial charge in [-0.25, -0.2) is 0 Å². The molecular formula is C14H31N3O. The minimum atomic E-state index is 0.0273. The first-order valence-electron chi connectivity index (χ1n) is 7.37. The Hall–Kier alpha value is -0.160. The number of likely N-dealkylation sites (N-methyl/N-ethyl adjacent to an activating group) is 1. The van der Waals surface area contributed by atoms with Crippen LogP contribution >= 0.6 is 0 Å². The largest absolute Gasteiger partial charge is 0.373 e. The third-order valence-corrected chi connectivity index (χ3v) is 3.61. The number of morpholine rings is 1. The van der Waals surface area contributed by atoms with Gasteiger partial charge in [0.05, 0.1) is 12.2 Å². The van der Waals surface area contributed by atoms with E-state index in [4.69, 9.17) is 4.74 Å². The van der Waals surface area contributed by atoms with Gasteiger partial charge in [0.1, 0.15) is 0 Å². The maximum atomic E-state index is 5.71. The molecule has 4 heteroatoms. The minimum absolute atomic E-state index is 0.0273. The summed E-state index contributed by atoms with van der Waals surface area (Å²) in [6, 6.07) is 0. The van der Waals surface area contributed by atoms with Gasteiger partial charge in [-0.2, -0.15) is 0 Å². The van der Waals surface area contributed by atoms with E-state index in [1.807, 2.05) is 0 Å². The van der Waals surface area contributed by atoms with E-state index in [9.17, 15) is 0 Å². The summed E-state index contributed by atoms with van der Waals surface area (Å²) < 4.78 is 5.71. The standard InChI is InChI=1S/C14H31N3O/c1-5-16(6-2)9-7-15-8-10-17-11-12-18-14(3,4)13-17/h15H,5-13H2,1-4H3. The molecule has 0 aliphatic carbocycles. The molecule has 0 radical (unpaired) electrons. The van der Waals surface area contributed by atoms with E-state index in [-0.39, 0.29) is 5.60 Å². The summed E-state index contributed by atoms with van der Waals surface area (Å²) in [6.45, 7) is 18.5. The number of hydrogen-bond acceptors (Lipinski definition) is 4. The zero-order chi connectivity index (χ0) is 13.4. The van der Waals surface area contributed by atoms with Gasteiger partial charge in [0.25, 0.3) is 0 Å². The molecule has 1 rings (SSSR count). The summed E-state index contributed by atoms with van der Waals surface area (Å²) >= 11 is 0. The Morgan fingerprint density at radius 2 is 1.94 bits per heavy atom.